The minimum Gasteiger partial charge on any atom is -0.481 e. The number of hydrogen-bond acceptors (Lipinski definition) is 17. The Morgan fingerprint density at radius 1 is 0.549 bits per heavy atom. The van der Waals surface area contributed by atoms with E-state index in [0.29, 0.717) is 57.8 Å². The molecule has 18 heteroatoms. The number of nitrogens with one attached hydrogen (secondary N) is 1. The summed E-state index contributed by atoms with van der Waals surface area (Å²) in [6.45, 7) is 5.56. The highest BCUT2D eigenvalue weighted by atomic mass is 16.6. The Balaban J connectivity index is 0.00000139. The summed E-state index contributed by atoms with van der Waals surface area (Å²) in [7, 11) is 0. The zero-order valence-corrected chi connectivity index (χ0v) is 46.6. The van der Waals surface area contributed by atoms with Gasteiger partial charge in [-0.15, -0.1) is 0 Å². The van der Waals surface area contributed by atoms with Gasteiger partial charge in [-0.1, -0.05) is 91.0 Å². The van der Waals surface area contributed by atoms with Gasteiger partial charge in [-0.25, -0.2) is 0 Å². The second-order valence-corrected chi connectivity index (χ2v) is 23.4. The quantitative estimate of drug-likeness (QED) is 0.0307. The van der Waals surface area contributed by atoms with Gasteiger partial charge in [0.25, 0.3) is 5.91 Å². The molecule has 0 saturated heterocycles. The molecule has 82 heavy (non-hydrogen) atoms. The van der Waals surface area contributed by atoms with E-state index in [2.05, 4.69) is 5.32 Å². The second kappa shape index (κ2) is 26.3. The Labute approximate surface area is 474 Å². The first-order valence-corrected chi connectivity index (χ1v) is 27.7. The lowest BCUT2D eigenvalue weighted by Crippen LogP contribution is -2.63. The van der Waals surface area contributed by atoms with Crippen LogP contribution in [0.25, 0.3) is 0 Å². The van der Waals surface area contributed by atoms with E-state index >= 15 is 0 Å². The van der Waals surface area contributed by atoms with Crippen LogP contribution in [-0.4, -0.2) is 65.1 Å². The van der Waals surface area contributed by atoms with Crippen LogP contribution in [0.2, 0.25) is 0 Å². The van der Waals surface area contributed by atoms with Crippen molar-refractivity contribution in [3.63, 3.8) is 0 Å². The molecule has 18 nitrogen and oxygen atoms in total. The zero-order chi connectivity index (χ0) is 58.5. The third-order valence-corrected chi connectivity index (χ3v) is 15.5. The third-order valence-electron chi connectivity index (χ3n) is 15.5. The van der Waals surface area contributed by atoms with Crippen LogP contribution < -0.4 is 41.5 Å². The van der Waals surface area contributed by atoms with Crippen molar-refractivity contribution in [1.29, 1.82) is 0 Å². The topological polar surface area (TPSA) is 274 Å². The first-order valence-electron chi connectivity index (χ1n) is 27.7. The Morgan fingerprint density at radius 2 is 0.902 bits per heavy atom. The number of aliphatic hydroxyl groups is 2. The van der Waals surface area contributed by atoms with Crippen LogP contribution in [-0.2, 0) is 29.4 Å². The molecule has 434 valence electrons. The molecule has 10 rings (SSSR count). The highest BCUT2D eigenvalue weighted by Crippen LogP contribution is 2.76. The van der Waals surface area contributed by atoms with Gasteiger partial charge in [0, 0.05) is 50.6 Å². The van der Waals surface area contributed by atoms with Crippen molar-refractivity contribution >= 4 is 23.4 Å². The number of ketones is 2. The first-order chi connectivity index (χ1) is 39.2. The SMILES string of the molecule is CC(C)(C)OC(=O)CCC12CC3(CNC(=O)c4occc(=O)c4OCc4ccccc4)C[C@](CCC(=O)c4occc(=O)c4OCc4ccccc4)(C1)C[C@](CCC(=O)c1occc(=O)c1OCc1ccccc1)(C2)C3.NCC(O)CO. The van der Waals surface area contributed by atoms with E-state index in [1.54, 1.807) is 0 Å². The summed E-state index contributed by atoms with van der Waals surface area (Å²) in [5.74, 6) is -3.08. The van der Waals surface area contributed by atoms with Gasteiger partial charge < -0.3 is 53.5 Å². The standard InChI is InChI=1S/C61H63NO14.C3H9NO2/c1-57(2,3)76-49(68)21-27-60-35-58(25-19-44(63)50-52(46(65)22-28-70-50)73-31-41-13-7-4-8-14-41)34-59(36-60,26-20-45(64)51-53(47(66)23-29-71-51)74-32-42-15-9-5-10-16-42)38-61(37-58,39-60)40-62-56(69)55-54(48(67)24-30-72-55)75-33-43-17-11-6-12-18-43;4-1-3(6)2-5/h4-18,22-24,28-30H,19-21,25-27,31-40H2,1-3H3,(H,62,69);3,5-6H,1-2,4H2/t58-,59+,60?,61?;. The lowest BCUT2D eigenvalue weighted by Gasteiger charge is -2.71. The van der Waals surface area contributed by atoms with Crippen molar-refractivity contribution in [3.8, 4) is 17.2 Å². The highest BCUT2D eigenvalue weighted by Gasteiger charge is 2.67. The van der Waals surface area contributed by atoms with Crippen LogP contribution in [0.1, 0.15) is 146 Å². The van der Waals surface area contributed by atoms with E-state index in [4.69, 9.17) is 48.1 Å². The molecule has 5 N–H and O–H groups in total. The summed E-state index contributed by atoms with van der Waals surface area (Å²) < 4.78 is 41.0. The number of rotatable bonds is 25. The molecular formula is C64H72N2O16. The lowest BCUT2D eigenvalue weighted by molar-refractivity contribution is -0.208. The Hall–Kier alpha value is -7.93. The fourth-order valence-corrected chi connectivity index (χ4v) is 13.0. The van der Waals surface area contributed by atoms with Crippen molar-refractivity contribution in [1.82, 2.24) is 5.32 Å². The van der Waals surface area contributed by atoms with Crippen LogP contribution in [0.3, 0.4) is 0 Å². The number of carbonyl (C=O) groups excluding carboxylic acids is 4. The molecule has 4 aliphatic rings. The number of hydrogen-bond donors (Lipinski definition) is 4. The Morgan fingerprint density at radius 3 is 1.26 bits per heavy atom. The maximum Gasteiger partial charge on any atom is 0.306 e. The van der Waals surface area contributed by atoms with E-state index in [1.165, 1.54) is 30.7 Å². The first kappa shape index (κ1) is 60.2. The molecule has 4 aliphatic carbocycles. The predicted octanol–water partition coefficient (Wildman–Crippen LogP) is 9.09. The predicted molar refractivity (Wildman–Crippen MR) is 301 cm³/mol. The van der Waals surface area contributed by atoms with Crippen LogP contribution in [0.15, 0.2) is 156 Å². The van der Waals surface area contributed by atoms with E-state index in [1.807, 2.05) is 112 Å². The van der Waals surface area contributed by atoms with Crippen LogP contribution >= 0.6 is 0 Å². The smallest absolute Gasteiger partial charge is 0.306 e. The summed E-state index contributed by atoms with van der Waals surface area (Å²) in [6, 6.07) is 31.4. The highest BCUT2D eigenvalue weighted by molar-refractivity contribution is 5.96. The summed E-state index contributed by atoms with van der Waals surface area (Å²) in [6.07, 6.45) is 7.57. The number of esters is 1. The van der Waals surface area contributed by atoms with Crippen LogP contribution in [0, 0.1) is 21.7 Å². The molecule has 4 bridgehead atoms. The number of carbonyl (C=O) groups is 4. The van der Waals surface area contributed by atoms with Gasteiger partial charge in [0.05, 0.1) is 31.5 Å². The minimum atomic E-state index is -0.731. The molecule has 1 amide bonds. The Bertz CT molecular complexity index is 3020. The molecule has 0 spiro atoms. The van der Waals surface area contributed by atoms with Crippen LogP contribution in [0.4, 0.5) is 0 Å². The summed E-state index contributed by atoms with van der Waals surface area (Å²) >= 11 is 0. The summed E-state index contributed by atoms with van der Waals surface area (Å²) in [5.41, 5.74) is 2.65. The number of Topliss-reactive ketones (excluding diaryl/α,β-unsaturated/α-hetero) is 2. The normalized spacial score (nSPS) is 20.9. The monoisotopic (exact) mass is 1120 g/mol. The van der Waals surface area contributed by atoms with Gasteiger partial charge in [-0.3, -0.25) is 33.6 Å². The molecule has 3 unspecified atom stereocenters. The van der Waals surface area contributed by atoms with Gasteiger partial charge >= 0.3 is 5.97 Å². The number of amides is 1. The van der Waals surface area contributed by atoms with E-state index in [9.17, 15) is 33.6 Å². The number of benzene rings is 3. The maximum atomic E-state index is 14.5. The molecule has 3 aromatic heterocycles. The average molecular weight is 1130 g/mol. The van der Waals surface area contributed by atoms with Crippen LogP contribution in [0.5, 0.6) is 17.2 Å². The maximum absolute atomic E-state index is 14.5. The lowest BCUT2D eigenvalue weighted by atomic mass is 9.33. The molecule has 6 aromatic rings. The minimum absolute atomic E-state index is 0.0164. The second-order valence-electron chi connectivity index (χ2n) is 23.4. The Kier molecular flexibility index (Phi) is 19.3. The van der Waals surface area contributed by atoms with Gasteiger partial charge in [-0.05, 0) is 117 Å². The van der Waals surface area contributed by atoms with Crippen molar-refractivity contribution in [2.24, 2.45) is 27.4 Å². The van der Waals surface area contributed by atoms with E-state index in [-0.39, 0.29) is 99.3 Å². The van der Waals surface area contributed by atoms with Crippen molar-refractivity contribution < 1.29 is 61.6 Å². The fraction of sp³-hybridized carbons (Fsp3) is 0.422. The third kappa shape index (κ3) is 15.3. The molecule has 3 aromatic carbocycles. The van der Waals surface area contributed by atoms with Gasteiger partial charge in [-0.2, -0.15) is 0 Å². The van der Waals surface area contributed by atoms with E-state index in [0.717, 1.165) is 23.0 Å². The van der Waals surface area contributed by atoms with Crippen molar-refractivity contribution in [3.05, 3.63) is 193 Å². The average Bonchev–Trinajstić information content (AvgIpc) is 2.71. The number of ether oxygens (including phenoxy) is 4. The fourth-order valence-electron chi connectivity index (χ4n) is 13.0. The molecule has 0 radical (unpaired) electrons. The zero-order valence-electron chi connectivity index (χ0n) is 46.6. The van der Waals surface area contributed by atoms with Gasteiger partial charge in [0.1, 0.15) is 25.4 Å². The molecule has 4 fully saturated rings. The number of nitrogens with two attached hydrogens (primary N) is 1. The molecule has 0 aliphatic heterocycles. The van der Waals surface area contributed by atoms with E-state index < -0.39 is 67.1 Å². The largest absolute Gasteiger partial charge is 0.481 e. The van der Waals surface area contributed by atoms with Gasteiger partial charge in [0.2, 0.25) is 62.4 Å². The van der Waals surface area contributed by atoms with Gasteiger partial charge in [0.15, 0.2) is 0 Å². The molecular weight excluding hydrogens is 1050 g/mol. The summed E-state index contributed by atoms with van der Waals surface area (Å²) in [5, 5.41) is 19.4. The van der Waals surface area contributed by atoms with Crippen molar-refractivity contribution in [2.45, 2.75) is 129 Å². The molecule has 3 heterocycles. The molecule has 5 atom stereocenters. The molecule has 4 saturated carbocycles. The number of aliphatic hydroxyl groups excluding tert-OH is 2. The summed E-state index contributed by atoms with van der Waals surface area (Å²) in [4.78, 5) is 96.8. The van der Waals surface area contributed by atoms with Crippen molar-refractivity contribution in [2.75, 3.05) is 19.7 Å².